The van der Waals surface area contributed by atoms with Crippen LogP contribution in [-0.4, -0.2) is 34.7 Å². The van der Waals surface area contributed by atoms with Gasteiger partial charge in [-0.25, -0.2) is 0 Å². The van der Waals surface area contributed by atoms with Gasteiger partial charge in [-0.05, 0) is 50.4 Å². The fourth-order valence-electron chi connectivity index (χ4n) is 3.22. The zero-order chi connectivity index (χ0) is 11.3. The predicted molar refractivity (Wildman–Crippen MR) is 61.7 cm³/mol. The molecule has 2 atom stereocenters. The van der Waals surface area contributed by atoms with E-state index in [0.29, 0.717) is 12.0 Å². The molecule has 2 aliphatic rings. The van der Waals surface area contributed by atoms with E-state index in [-0.39, 0.29) is 11.5 Å². The summed E-state index contributed by atoms with van der Waals surface area (Å²) in [6.07, 6.45) is 3.12. The molecule has 0 aromatic heterocycles. The number of benzene rings is 1. The molecule has 1 aromatic carbocycles. The highest BCUT2D eigenvalue weighted by atomic mass is 16.3. The van der Waals surface area contributed by atoms with Crippen molar-refractivity contribution in [2.45, 2.75) is 25.3 Å². The van der Waals surface area contributed by atoms with Crippen molar-refractivity contribution in [2.75, 3.05) is 13.6 Å². The first-order valence-corrected chi connectivity index (χ1v) is 5.89. The average Bonchev–Trinajstić information content (AvgIpc) is 2.64. The van der Waals surface area contributed by atoms with Crippen LogP contribution in [0.15, 0.2) is 12.1 Å². The molecule has 0 unspecified atom stereocenters. The fourth-order valence-corrected chi connectivity index (χ4v) is 3.22. The van der Waals surface area contributed by atoms with Gasteiger partial charge in [-0.2, -0.15) is 0 Å². The molecule has 0 saturated carbocycles. The van der Waals surface area contributed by atoms with E-state index in [1.165, 1.54) is 12.0 Å². The van der Waals surface area contributed by atoms with Crippen LogP contribution in [0.25, 0.3) is 0 Å². The van der Waals surface area contributed by atoms with E-state index in [4.69, 9.17) is 0 Å². The molecule has 1 aliphatic heterocycles. The van der Waals surface area contributed by atoms with Gasteiger partial charge in [0.2, 0.25) is 0 Å². The molecule has 0 bridgehead atoms. The minimum Gasteiger partial charge on any atom is -0.504 e. The molecule has 0 spiro atoms. The van der Waals surface area contributed by atoms with Crippen LogP contribution in [0, 0.1) is 5.92 Å². The first kappa shape index (κ1) is 9.97. The Morgan fingerprint density at radius 2 is 2.06 bits per heavy atom. The smallest absolute Gasteiger partial charge is 0.160 e. The summed E-state index contributed by atoms with van der Waals surface area (Å²) in [5, 5.41) is 19.4. The molecule has 1 fully saturated rings. The molecule has 1 heterocycles. The van der Waals surface area contributed by atoms with Gasteiger partial charge in [0.25, 0.3) is 0 Å². The normalized spacial score (nSPS) is 28.8. The lowest BCUT2D eigenvalue weighted by Gasteiger charge is -2.31. The third-order valence-electron chi connectivity index (χ3n) is 4.22. The van der Waals surface area contributed by atoms with Crippen molar-refractivity contribution in [3.05, 3.63) is 23.3 Å². The average molecular weight is 219 g/mol. The van der Waals surface area contributed by atoms with E-state index in [1.54, 1.807) is 6.07 Å². The van der Waals surface area contributed by atoms with Crippen LogP contribution in [0.3, 0.4) is 0 Å². The van der Waals surface area contributed by atoms with Gasteiger partial charge >= 0.3 is 0 Å². The van der Waals surface area contributed by atoms with E-state index < -0.39 is 0 Å². The molecule has 0 radical (unpaired) electrons. The van der Waals surface area contributed by atoms with E-state index >= 15 is 0 Å². The van der Waals surface area contributed by atoms with Crippen LogP contribution in [-0.2, 0) is 12.8 Å². The van der Waals surface area contributed by atoms with Gasteiger partial charge in [0.15, 0.2) is 11.5 Å². The van der Waals surface area contributed by atoms with E-state index in [2.05, 4.69) is 11.9 Å². The van der Waals surface area contributed by atoms with Gasteiger partial charge in [0, 0.05) is 11.6 Å². The molecule has 3 heteroatoms. The first-order chi connectivity index (χ1) is 7.66. The molecule has 16 heavy (non-hydrogen) atoms. The Morgan fingerprint density at radius 1 is 1.25 bits per heavy atom. The van der Waals surface area contributed by atoms with Crippen LogP contribution in [0.4, 0.5) is 0 Å². The van der Waals surface area contributed by atoms with Gasteiger partial charge in [-0.1, -0.05) is 6.07 Å². The number of fused-ring (bicyclic) bond motifs is 2. The molecule has 1 aliphatic carbocycles. The Hall–Kier alpha value is -1.22. The molecule has 3 nitrogen and oxygen atoms in total. The summed E-state index contributed by atoms with van der Waals surface area (Å²) < 4.78 is 0. The number of aromatic hydroxyl groups is 2. The van der Waals surface area contributed by atoms with Crippen molar-refractivity contribution in [3.63, 3.8) is 0 Å². The van der Waals surface area contributed by atoms with Crippen molar-refractivity contribution >= 4 is 0 Å². The Balaban J connectivity index is 2.02. The minimum atomic E-state index is 0.0172. The Morgan fingerprint density at radius 3 is 2.88 bits per heavy atom. The summed E-state index contributed by atoms with van der Waals surface area (Å²) >= 11 is 0. The van der Waals surface area contributed by atoms with Crippen LogP contribution in [0.5, 0.6) is 11.5 Å². The minimum absolute atomic E-state index is 0.0172. The quantitative estimate of drug-likeness (QED) is 0.650. The fraction of sp³-hybridized carbons (Fsp3) is 0.538. The van der Waals surface area contributed by atoms with Crippen molar-refractivity contribution in [1.29, 1.82) is 0 Å². The van der Waals surface area contributed by atoms with E-state index in [0.717, 1.165) is 24.9 Å². The van der Waals surface area contributed by atoms with Gasteiger partial charge in [-0.3, -0.25) is 0 Å². The van der Waals surface area contributed by atoms with Crippen LogP contribution >= 0.6 is 0 Å². The number of likely N-dealkylation sites (tertiary alicyclic amines) is 1. The standard InChI is InChI=1S/C13H17NO2/c1-14-5-4-9-6-10-8(7-11(9)14)2-3-12(15)13(10)16/h2-3,9,11,15-16H,4-7H2,1H3/t9-,11-/m0/s1. The van der Waals surface area contributed by atoms with E-state index in [9.17, 15) is 10.2 Å². The molecule has 3 rings (SSSR count). The molecule has 1 aromatic rings. The van der Waals surface area contributed by atoms with Crippen molar-refractivity contribution in [2.24, 2.45) is 5.92 Å². The molecular formula is C13H17NO2. The molecule has 2 N–H and O–H groups in total. The van der Waals surface area contributed by atoms with Gasteiger partial charge in [0.05, 0.1) is 0 Å². The zero-order valence-corrected chi connectivity index (χ0v) is 9.48. The number of hydrogen-bond donors (Lipinski definition) is 2. The largest absolute Gasteiger partial charge is 0.504 e. The van der Waals surface area contributed by atoms with Gasteiger partial charge in [-0.15, -0.1) is 0 Å². The lowest BCUT2D eigenvalue weighted by Crippen LogP contribution is -2.35. The van der Waals surface area contributed by atoms with E-state index in [1.807, 2.05) is 6.07 Å². The van der Waals surface area contributed by atoms with Crippen LogP contribution in [0.2, 0.25) is 0 Å². The van der Waals surface area contributed by atoms with Crippen LogP contribution in [0.1, 0.15) is 17.5 Å². The van der Waals surface area contributed by atoms with Crippen LogP contribution < -0.4 is 0 Å². The van der Waals surface area contributed by atoms with Crippen molar-refractivity contribution < 1.29 is 10.2 Å². The highest BCUT2D eigenvalue weighted by molar-refractivity contribution is 5.50. The van der Waals surface area contributed by atoms with Crippen molar-refractivity contribution in [3.8, 4) is 11.5 Å². The summed E-state index contributed by atoms with van der Waals surface area (Å²) in [5.74, 6) is 0.763. The second-order valence-corrected chi connectivity index (χ2v) is 5.08. The first-order valence-electron chi connectivity index (χ1n) is 5.89. The zero-order valence-electron chi connectivity index (χ0n) is 9.48. The number of hydrogen-bond acceptors (Lipinski definition) is 3. The number of phenolic OH excluding ortho intramolecular Hbond substituents is 2. The highest BCUT2D eigenvalue weighted by Gasteiger charge is 2.37. The monoisotopic (exact) mass is 219 g/mol. The molecule has 0 amide bonds. The Labute approximate surface area is 95.3 Å². The summed E-state index contributed by atoms with van der Waals surface area (Å²) in [6, 6.07) is 4.17. The summed E-state index contributed by atoms with van der Waals surface area (Å²) in [4.78, 5) is 2.41. The van der Waals surface area contributed by atoms with Gasteiger partial charge in [0.1, 0.15) is 0 Å². The Bertz CT molecular complexity index is 430. The third kappa shape index (κ3) is 1.31. The summed E-state index contributed by atoms with van der Waals surface area (Å²) in [6.45, 7) is 1.15. The summed E-state index contributed by atoms with van der Waals surface area (Å²) in [5.41, 5.74) is 2.17. The maximum atomic E-state index is 9.87. The summed E-state index contributed by atoms with van der Waals surface area (Å²) in [7, 11) is 2.18. The highest BCUT2D eigenvalue weighted by Crippen LogP contribution is 2.41. The molecule has 86 valence electrons. The second-order valence-electron chi connectivity index (χ2n) is 5.08. The SMILES string of the molecule is CN1CC[C@H]2Cc3c(ccc(O)c3O)C[C@@H]21. The van der Waals surface area contributed by atoms with Crippen molar-refractivity contribution in [1.82, 2.24) is 4.90 Å². The maximum Gasteiger partial charge on any atom is 0.160 e. The number of nitrogens with zero attached hydrogens (tertiary/aromatic N) is 1. The third-order valence-corrected chi connectivity index (χ3v) is 4.22. The maximum absolute atomic E-state index is 9.87. The molecular weight excluding hydrogens is 202 g/mol. The predicted octanol–water partition coefficient (Wildman–Crippen LogP) is 1.52. The lowest BCUT2D eigenvalue weighted by molar-refractivity contribution is 0.256. The second kappa shape index (κ2) is 3.39. The number of rotatable bonds is 0. The molecule has 1 saturated heterocycles. The Kier molecular flexibility index (Phi) is 2.11. The van der Waals surface area contributed by atoms with Gasteiger partial charge < -0.3 is 15.1 Å². The number of likely N-dealkylation sites (N-methyl/N-ethyl adjacent to an activating group) is 1. The topological polar surface area (TPSA) is 43.7 Å². The lowest BCUT2D eigenvalue weighted by atomic mass is 9.80. The number of phenols is 2.